The summed E-state index contributed by atoms with van der Waals surface area (Å²) in [7, 11) is 0. The number of aryl methyl sites for hydroxylation is 1. The van der Waals surface area contributed by atoms with Crippen LogP contribution in [0.4, 0.5) is 20.2 Å². The monoisotopic (exact) mass is 346 g/mol. The molecule has 24 heavy (non-hydrogen) atoms. The van der Waals surface area contributed by atoms with Gasteiger partial charge >= 0.3 is 5.63 Å². The lowest BCUT2D eigenvalue weighted by molar-refractivity contribution is 0.509. The summed E-state index contributed by atoms with van der Waals surface area (Å²) in [5.41, 5.74) is 1.72. The molecule has 7 heteroatoms. The molecule has 4 nitrogen and oxygen atoms in total. The van der Waals surface area contributed by atoms with Crippen LogP contribution < -0.4 is 16.3 Å². The van der Waals surface area contributed by atoms with Gasteiger partial charge in [0, 0.05) is 35.0 Å². The van der Waals surface area contributed by atoms with Crippen LogP contribution in [0, 0.1) is 18.6 Å². The molecule has 2 aromatic carbocycles. The molecule has 0 saturated carbocycles. The molecule has 0 bridgehead atoms. The van der Waals surface area contributed by atoms with Gasteiger partial charge in [-0.05, 0) is 49.0 Å². The molecule has 1 aromatic heterocycles. The van der Waals surface area contributed by atoms with Gasteiger partial charge in [-0.15, -0.1) is 0 Å². The number of anilines is 2. The Morgan fingerprint density at radius 3 is 2.38 bits per heavy atom. The molecule has 0 unspecified atom stereocenters. The predicted octanol–water partition coefficient (Wildman–Crippen LogP) is 4.19. The van der Waals surface area contributed by atoms with E-state index in [0.29, 0.717) is 17.0 Å². The normalized spacial score (nSPS) is 10.6. The fourth-order valence-electron chi connectivity index (χ4n) is 2.27. The number of nitrogens with one attached hydrogen (secondary N) is 2. The fraction of sp³-hybridized carbons (Fsp3) is 0.0588. The van der Waals surface area contributed by atoms with Crippen molar-refractivity contribution in [3.63, 3.8) is 0 Å². The van der Waals surface area contributed by atoms with Gasteiger partial charge in [-0.1, -0.05) is 0 Å². The summed E-state index contributed by atoms with van der Waals surface area (Å²) in [6.45, 7) is 1.82. The Morgan fingerprint density at radius 2 is 1.67 bits per heavy atom. The van der Waals surface area contributed by atoms with Crippen molar-refractivity contribution < 1.29 is 13.2 Å². The number of fused-ring (bicyclic) bond motifs is 1. The first-order valence-corrected chi connectivity index (χ1v) is 7.41. The average molecular weight is 346 g/mol. The maximum Gasteiger partial charge on any atom is 0.336 e. The van der Waals surface area contributed by atoms with E-state index in [4.69, 9.17) is 16.6 Å². The Morgan fingerprint density at radius 1 is 1.00 bits per heavy atom. The lowest BCUT2D eigenvalue weighted by atomic mass is 10.1. The first-order chi connectivity index (χ1) is 11.4. The van der Waals surface area contributed by atoms with Crippen LogP contribution in [0.1, 0.15) is 5.56 Å². The van der Waals surface area contributed by atoms with Crippen molar-refractivity contribution in [3.05, 3.63) is 70.1 Å². The molecule has 0 amide bonds. The third-order valence-corrected chi connectivity index (χ3v) is 3.59. The first kappa shape index (κ1) is 16.1. The average Bonchev–Trinajstić information content (AvgIpc) is 2.50. The highest BCUT2D eigenvalue weighted by atomic mass is 32.1. The second-order valence-corrected chi connectivity index (χ2v) is 5.58. The van der Waals surface area contributed by atoms with Crippen LogP contribution in [-0.2, 0) is 0 Å². The van der Waals surface area contributed by atoms with Gasteiger partial charge in [-0.25, -0.2) is 13.6 Å². The van der Waals surface area contributed by atoms with Gasteiger partial charge in [-0.3, -0.25) is 0 Å². The van der Waals surface area contributed by atoms with E-state index in [9.17, 15) is 13.6 Å². The van der Waals surface area contributed by atoms with E-state index < -0.39 is 17.3 Å². The lowest BCUT2D eigenvalue weighted by Gasteiger charge is -2.11. The summed E-state index contributed by atoms with van der Waals surface area (Å²) in [5.74, 6) is -1.90. The molecule has 0 radical (unpaired) electrons. The molecule has 0 saturated heterocycles. The van der Waals surface area contributed by atoms with E-state index in [1.165, 1.54) is 12.1 Å². The quantitative estimate of drug-likeness (QED) is 0.538. The fourth-order valence-corrected chi connectivity index (χ4v) is 2.51. The maximum absolute atomic E-state index is 13.2. The Bertz CT molecular complexity index is 1000. The lowest BCUT2D eigenvalue weighted by Crippen LogP contribution is -2.19. The van der Waals surface area contributed by atoms with Gasteiger partial charge in [0.2, 0.25) is 0 Å². The molecule has 0 fully saturated rings. The van der Waals surface area contributed by atoms with Gasteiger partial charge in [0.25, 0.3) is 0 Å². The summed E-state index contributed by atoms with van der Waals surface area (Å²) >= 11 is 5.14. The van der Waals surface area contributed by atoms with E-state index in [2.05, 4.69) is 10.6 Å². The Labute approximate surface area is 141 Å². The van der Waals surface area contributed by atoms with E-state index >= 15 is 0 Å². The second kappa shape index (κ2) is 6.37. The predicted molar refractivity (Wildman–Crippen MR) is 93.4 cm³/mol. The SMILES string of the molecule is Cc1cc(=O)oc2cc(NC(=S)Nc3ccc(F)c(F)c3)ccc12. The minimum atomic E-state index is -0.967. The van der Waals surface area contributed by atoms with Crippen LogP contribution >= 0.6 is 12.2 Å². The van der Waals surface area contributed by atoms with E-state index in [-0.39, 0.29) is 5.11 Å². The second-order valence-electron chi connectivity index (χ2n) is 5.17. The number of halogens is 2. The molecule has 0 aliphatic heterocycles. The molecule has 1 heterocycles. The van der Waals surface area contributed by atoms with Gasteiger partial charge in [0.1, 0.15) is 5.58 Å². The highest BCUT2D eigenvalue weighted by molar-refractivity contribution is 7.80. The van der Waals surface area contributed by atoms with Crippen LogP contribution in [0.5, 0.6) is 0 Å². The largest absolute Gasteiger partial charge is 0.423 e. The Balaban J connectivity index is 1.80. The third kappa shape index (κ3) is 3.41. The van der Waals surface area contributed by atoms with Gasteiger partial charge < -0.3 is 15.1 Å². The number of hydrogen-bond acceptors (Lipinski definition) is 3. The maximum atomic E-state index is 13.2. The smallest absolute Gasteiger partial charge is 0.336 e. The van der Waals surface area contributed by atoms with Gasteiger partial charge in [0.15, 0.2) is 16.7 Å². The standard InChI is InChI=1S/C17H12F2N2O2S/c1-9-6-16(22)23-15-8-11(2-4-12(9)15)21-17(24)20-10-3-5-13(18)14(19)7-10/h2-8H,1H3,(H2,20,21,24). The molecule has 3 rings (SSSR count). The van der Waals surface area contributed by atoms with Crippen LogP contribution in [-0.4, -0.2) is 5.11 Å². The van der Waals surface area contributed by atoms with Crippen molar-refractivity contribution >= 4 is 39.7 Å². The first-order valence-electron chi connectivity index (χ1n) is 7.00. The van der Waals surface area contributed by atoms with Crippen LogP contribution in [0.15, 0.2) is 51.7 Å². The van der Waals surface area contributed by atoms with Crippen LogP contribution in [0.25, 0.3) is 11.0 Å². The number of hydrogen-bond donors (Lipinski definition) is 2. The highest BCUT2D eigenvalue weighted by Gasteiger charge is 2.06. The number of thiocarbonyl (C=S) groups is 1. The minimum absolute atomic E-state index is 0.190. The van der Waals surface area contributed by atoms with Crippen LogP contribution in [0.3, 0.4) is 0 Å². The minimum Gasteiger partial charge on any atom is -0.423 e. The zero-order valence-corrected chi connectivity index (χ0v) is 13.3. The molecule has 0 aliphatic rings. The summed E-state index contributed by atoms with van der Waals surface area (Å²) in [5, 5.41) is 6.66. The molecule has 0 aliphatic carbocycles. The zero-order chi connectivity index (χ0) is 17.3. The van der Waals surface area contributed by atoms with Crippen molar-refractivity contribution in [2.45, 2.75) is 6.92 Å². The van der Waals surface area contributed by atoms with Crippen molar-refractivity contribution in [2.75, 3.05) is 10.6 Å². The summed E-state index contributed by atoms with van der Waals surface area (Å²) in [4.78, 5) is 11.4. The topological polar surface area (TPSA) is 54.3 Å². The van der Waals surface area contributed by atoms with Crippen molar-refractivity contribution in [2.24, 2.45) is 0 Å². The molecule has 122 valence electrons. The van der Waals surface area contributed by atoms with Crippen molar-refractivity contribution in [3.8, 4) is 0 Å². The summed E-state index contributed by atoms with van der Waals surface area (Å²) < 4.78 is 31.3. The Kier molecular flexibility index (Phi) is 4.26. The summed E-state index contributed by atoms with van der Waals surface area (Å²) in [6.07, 6.45) is 0. The number of benzene rings is 2. The van der Waals surface area contributed by atoms with E-state index in [1.54, 1.807) is 18.2 Å². The van der Waals surface area contributed by atoms with Gasteiger partial charge in [-0.2, -0.15) is 0 Å². The van der Waals surface area contributed by atoms with Crippen LogP contribution in [0.2, 0.25) is 0 Å². The van der Waals surface area contributed by atoms with E-state index in [1.807, 2.05) is 6.92 Å². The molecule has 3 aromatic rings. The van der Waals surface area contributed by atoms with Gasteiger partial charge in [0.05, 0.1) is 0 Å². The zero-order valence-electron chi connectivity index (χ0n) is 12.5. The summed E-state index contributed by atoms with van der Waals surface area (Å²) in [6, 6.07) is 10.0. The van der Waals surface area contributed by atoms with Crippen molar-refractivity contribution in [1.82, 2.24) is 0 Å². The molecule has 0 atom stereocenters. The van der Waals surface area contributed by atoms with Crippen molar-refractivity contribution in [1.29, 1.82) is 0 Å². The highest BCUT2D eigenvalue weighted by Crippen LogP contribution is 2.21. The molecule has 2 N–H and O–H groups in total. The third-order valence-electron chi connectivity index (χ3n) is 3.39. The molecular formula is C17H12F2N2O2S. The number of rotatable bonds is 2. The Hall–Kier alpha value is -2.80. The van der Waals surface area contributed by atoms with E-state index in [0.717, 1.165) is 23.1 Å². The molecule has 0 spiro atoms. The molecular weight excluding hydrogens is 334 g/mol.